The summed E-state index contributed by atoms with van der Waals surface area (Å²) in [7, 11) is 1.63. The Bertz CT molecular complexity index is 1030. The second kappa shape index (κ2) is 7.86. The molecule has 0 radical (unpaired) electrons. The van der Waals surface area contributed by atoms with Crippen molar-refractivity contribution in [2.24, 2.45) is 0 Å². The van der Waals surface area contributed by atoms with Crippen LogP contribution in [-0.2, 0) is 16.1 Å². The Hall–Kier alpha value is -3.41. The normalized spacial score (nSPS) is 11.8. The van der Waals surface area contributed by atoms with E-state index in [1.807, 2.05) is 30.3 Å². The van der Waals surface area contributed by atoms with Crippen LogP contribution in [0.3, 0.4) is 0 Å². The van der Waals surface area contributed by atoms with E-state index in [-0.39, 0.29) is 11.5 Å². The largest absolute Gasteiger partial charge is 0.449 e. The number of ether oxygens (including phenoxy) is 1. The minimum absolute atomic E-state index is 0.237. The summed E-state index contributed by atoms with van der Waals surface area (Å²) in [5.74, 6) is -1.25. The predicted octanol–water partition coefficient (Wildman–Crippen LogP) is 3.00. The fraction of sp³-hybridized carbons (Fsp3) is 0.190. The molecule has 0 fully saturated rings. The highest BCUT2D eigenvalue weighted by molar-refractivity contribution is 5.94. The Morgan fingerprint density at radius 2 is 1.74 bits per heavy atom. The molecule has 3 aromatic rings. The Balaban J connectivity index is 1.70. The molecule has 0 saturated heterocycles. The third-order valence-electron chi connectivity index (χ3n) is 4.13. The van der Waals surface area contributed by atoms with Crippen LogP contribution in [0.15, 0.2) is 69.9 Å². The number of esters is 1. The number of carbonyl (C=O) groups is 2. The van der Waals surface area contributed by atoms with E-state index < -0.39 is 17.7 Å². The van der Waals surface area contributed by atoms with E-state index >= 15 is 0 Å². The van der Waals surface area contributed by atoms with E-state index in [1.165, 1.54) is 17.9 Å². The zero-order valence-electron chi connectivity index (χ0n) is 15.0. The van der Waals surface area contributed by atoms with Gasteiger partial charge in [0.1, 0.15) is 11.1 Å². The van der Waals surface area contributed by atoms with Crippen molar-refractivity contribution in [3.05, 3.63) is 82.2 Å². The number of nitrogens with zero attached hydrogens (tertiary/aromatic N) is 1. The molecule has 6 heteroatoms. The van der Waals surface area contributed by atoms with E-state index in [9.17, 15) is 14.4 Å². The van der Waals surface area contributed by atoms with Gasteiger partial charge < -0.3 is 14.1 Å². The summed E-state index contributed by atoms with van der Waals surface area (Å²) in [4.78, 5) is 38.3. The van der Waals surface area contributed by atoms with Crippen LogP contribution < -0.4 is 5.63 Å². The summed E-state index contributed by atoms with van der Waals surface area (Å²) < 4.78 is 10.3. The van der Waals surface area contributed by atoms with Gasteiger partial charge in [-0.3, -0.25) is 4.79 Å². The van der Waals surface area contributed by atoms with Gasteiger partial charge in [-0.2, -0.15) is 0 Å². The maximum atomic E-state index is 12.5. The molecule has 0 saturated carbocycles. The molecule has 0 aliphatic heterocycles. The minimum Gasteiger partial charge on any atom is -0.449 e. The van der Waals surface area contributed by atoms with Crippen LogP contribution in [0, 0.1) is 0 Å². The standard InChI is InChI=1S/C21H19NO5/c1-14(19(23)22(2)13-15-8-4-3-5-9-15)26-20(24)17-12-16-10-6-7-11-18(16)27-21(17)25/h3-12,14H,13H2,1-2H3/t14-/m0/s1. The fourth-order valence-corrected chi connectivity index (χ4v) is 2.72. The van der Waals surface area contributed by atoms with E-state index in [4.69, 9.17) is 9.15 Å². The van der Waals surface area contributed by atoms with Crippen LogP contribution in [0.4, 0.5) is 0 Å². The number of para-hydroxylation sites is 1. The molecular formula is C21H19NO5. The first kappa shape index (κ1) is 18.4. The quantitative estimate of drug-likeness (QED) is 0.513. The lowest BCUT2D eigenvalue weighted by Gasteiger charge is -2.21. The van der Waals surface area contributed by atoms with Crippen LogP contribution in [0.5, 0.6) is 0 Å². The number of benzene rings is 2. The topological polar surface area (TPSA) is 76.8 Å². The van der Waals surface area contributed by atoms with Crippen molar-refractivity contribution in [2.45, 2.75) is 19.6 Å². The van der Waals surface area contributed by atoms with E-state index in [1.54, 1.807) is 31.3 Å². The van der Waals surface area contributed by atoms with Crippen LogP contribution in [0.1, 0.15) is 22.8 Å². The molecule has 1 amide bonds. The van der Waals surface area contributed by atoms with Crippen LogP contribution in [0.25, 0.3) is 11.0 Å². The molecule has 0 bridgehead atoms. The lowest BCUT2D eigenvalue weighted by Crippen LogP contribution is -2.37. The summed E-state index contributed by atoms with van der Waals surface area (Å²) in [5.41, 5.74) is 0.308. The average molecular weight is 365 g/mol. The highest BCUT2D eigenvalue weighted by Crippen LogP contribution is 2.14. The smallest absolute Gasteiger partial charge is 0.351 e. The Kier molecular flexibility index (Phi) is 5.35. The van der Waals surface area contributed by atoms with Gasteiger partial charge in [-0.25, -0.2) is 9.59 Å². The molecule has 1 heterocycles. The zero-order valence-corrected chi connectivity index (χ0v) is 15.0. The summed E-state index contributed by atoms with van der Waals surface area (Å²) in [6, 6.07) is 17.7. The first-order chi connectivity index (χ1) is 13.0. The van der Waals surface area contributed by atoms with Gasteiger partial charge >= 0.3 is 11.6 Å². The number of hydrogen-bond acceptors (Lipinski definition) is 5. The summed E-state index contributed by atoms with van der Waals surface area (Å²) >= 11 is 0. The van der Waals surface area contributed by atoms with Gasteiger partial charge in [0.05, 0.1) is 0 Å². The molecule has 6 nitrogen and oxygen atoms in total. The summed E-state index contributed by atoms with van der Waals surface area (Å²) in [6.07, 6.45) is -1.03. The molecule has 138 valence electrons. The van der Waals surface area contributed by atoms with Crippen molar-refractivity contribution in [1.29, 1.82) is 0 Å². The van der Waals surface area contributed by atoms with Crippen LogP contribution >= 0.6 is 0 Å². The molecule has 27 heavy (non-hydrogen) atoms. The van der Waals surface area contributed by atoms with Crippen molar-refractivity contribution in [3.63, 3.8) is 0 Å². The number of fused-ring (bicyclic) bond motifs is 1. The zero-order chi connectivity index (χ0) is 19.4. The first-order valence-corrected chi connectivity index (χ1v) is 8.48. The van der Waals surface area contributed by atoms with Gasteiger partial charge in [-0.05, 0) is 24.6 Å². The summed E-state index contributed by atoms with van der Waals surface area (Å²) in [5, 5.41) is 0.601. The first-order valence-electron chi connectivity index (χ1n) is 8.48. The number of hydrogen-bond donors (Lipinski definition) is 0. The molecule has 2 aromatic carbocycles. The van der Waals surface area contributed by atoms with E-state index in [0.717, 1.165) is 5.56 Å². The Morgan fingerprint density at radius 3 is 2.48 bits per heavy atom. The molecule has 0 aliphatic carbocycles. The maximum Gasteiger partial charge on any atom is 0.351 e. The van der Waals surface area contributed by atoms with Gasteiger partial charge in [0.2, 0.25) is 0 Å². The number of amides is 1. The second-order valence-electron chi connectivity index (χ2n) is 6.21. The Labute approximate surface area is 156 Å². The van der Waals surface area contributed by atoms with E-state index in [2.05, 4.69) is 0 Å². The molecule has 0 spiro atoms. The molecule has 0 unspecified atom stereocenters. The van der Waals surface area contributed by atoms with E-state index in [0.29, 0.717) is 17.5 Å². The fourth-order valence-electron chi connectivity index (χ4n) is 2.72. The maximum absolute atomic E-state index is 12.5. The average Bonchev–Trinajstić information content (AvgIpc) is 2.67. The highest BCUT2D eigenvalue weighted by Gasteiger charge is 2.24. The van der Waals surface area contributed by atoms with Gasteiger partial charge in [0.15, 0.2) is 6.10 Å². The SMILES string of the molecule is C[C@H](OC(=O)c1cc2ccccc2oc1=O)C(=O)N(C)Cc1ccccc1. The van der Waals surface area contributed by atoms with Gasteiger partial charge in [0, 0.05) is 19.0 Å². The Morgan fingerprint density at radius 1 is 1.07 bits per heavy atom. The van der Waals surface area contributed by atoms with Gasteiger partial charge in [-0.1, -0.05) is 48.5 Å². The molecule has 1 aromatic heterocycles. The summed E-state index contributed by atoms with van der Waals surface area (Å²) in [6.45, 7) is 1.87. The number of likely N-dealkylation sites (N-methyl/N-ethyl adjacent to an activating group) is 1. The van der Waals surface area contributed by atoms with Gasteiger partial charge in [-0.15, -0.1) is 0 Å². The lowest BCUT2D eigenvalue weighted by molar-refractivity contribution is -0.139. The number of carbonyl (C=O) groups excluding carboxylic acids is 2. The molecule has 1 atom stereocenters. The third-order valence-corrected chi connectivity index (χ3v) is 4.13. The van der Waals surface area contributed by atoms with Crippen LogP contribution in [-0.4, -0.2) is 29.9 Å². The van der Waals surface area contributed by atoms with Gasteiger partial charge in [0.25, 0.3) is 5.91 Å². The van der Waals surface area contributed by atoms with Crippen molar-refractivity contribution in [3.8, 4) is 0 Å². The van der Waals surface area contributed by atoms with Crippen molar-refractivity contribution < 1.29 is 18.7 Å². The van der Waals surface area contributed by atoms with Crippen LogP contribution in [0.2, 0.25) is 0 Å². The number of rotatable bonds is 5. The minimum atomic E-state index is -1.03. The molecular weight excluding hydrogens is 346 g/mol. The van der Waals surface area contributed by atoms with Crippen molar-refractivity contribution >= 4 is 22.8 Å². The third kappa shape index (κ3) is 4.23. The highest BCUT2D eigenvalue weighted by atomic mass is 16.5. The molecule has 0 aliphatic rings. The van der Waals surface area contributed by atoms with Crippen molar-refractivity contribution in [2.75, 3.05) is 7.05 Å². The lowest BCUT2D eigenvalue weighted by atomic mass is 10.2. The monoisotopic (exact) mass is 365 g/mol. The second-order valence-corrected chi connectivity index (χ2v) is 6.21. The van der Waals surface area contributed by atoms with Crippen molar-refractivity contribution in [1.82, 2.24) is 4.90 Å². The predicted molar refractivity (Wildman–Crippen MR) is 100 cm³/mol. The molecule has 3 rings (SSSR count). The molecule has 0 N–H and O–H groups in total.